The molecule has 90 valence electrons. The van der Waals surface area contributed by atoms with Crippen LogP contribution in [-0.2, 0) is 6.42 Å². The molecule has 0 amide bonds. The summed E-state index contributed by atoms with van der Waals surface area (Å²) in [5, 5.41) is 0. The zero-order chi connectivity index (χ0) is 12.0. The number of thioether (sulfide) groups is 1. The molecule has 0 bridgehead atoms. The predicted molar refractivity (Wildman–Crippen MR) is 73.4 cm³/mol. The highest BCUT2D eigenvalue weighted by atomic mass is 79.9. The Morgan fingerprint density at radius 3 is 2.88 bits per heavy atom. The maximum absolute atomic E-state index is 13.5. The summed E-state index contributed by atoms with van der Waals surface area (Å²) in [5.74, 6) is 1.84. The van der Waals surface area contributed by atoms with Gasteiger partial charge in [-0.05, 0) is 36.3 Å². The summed E-state index contributed by atoms with van der Waals surface area (Å²) in [4.78, 5) is 0. The van der Waals surface area contributed by atoms with Crippen molar-refractivity contribution >= 4 is 27.7 Å². The minimum atomic E-state index is -0.176. The molecular weight excluding hydrogens is 289 g/mol. The van der Waals surface area contributed by atoms with E-state index in [1.54, 1.807) is 6.07 Å². The quantitative estimate of drug-likeness (QED) is 0.813. The molecule has 0 fully saturated rings. The number of hydrogen-bond donors (Lipinski definition) is 1. The van der Waals surface area contributed by atoms with E-state index in [9.17, 15) is 4.39 Å². The van der Waals surface area contributed by atoms with Crippen LogP contribution in [0.3, 0.4) is 0 Å². The summed E-state index contributed by atoms with van der Waals surface area (Å²) in [6.07, 6.45) is 1.76. The molecule has 1 unspecified atom stereocenters. The Balaban J connectivity index is 2.46. The van der Waals surface area contributed by atoms with Gasteiger partial charge in [0.1, 0.15) is 5.82 Å². The van der Waals surface area contributed by atoms with Gasteiger partial charge in [0.25, 0.3) is 0 Å². The summed E-state index contributed by atoms with van der Waals surface area (Å²) in [7, 11) is 0. The minimum absolute atomic E-state index is 0.0345. The lowest BCUT2D eigenvalue weighted by molar-refractivity contribution is 0.596. The summed E-state index contributed by atoms with van der Waals surface area (Å²) in [6, 6.07) is 5.17. The Labute approximate surface area is 109 Å². The molecule has 0 aliphatic carbocycles. The first-order valence-corrected chi connectivity index (χ1v) is 7.35. The van der Waals surface area contributed by atoms with Crippen LogP contribution in [-0.4, -0.2) is 17.5 Å². The largest absolute Gasteiger partial charge is 0.327 e. The van der Waals surface area contributed by atoms with Gasteiger partial charge in [-0.2, -0.15) is 11.8 Å². The van der Waals surface area contributed by atoms with E-state index < -0.39 is 0 Å². The molecule has 16 heavy (non-hydrogen) atoms. The van der Waals surface area contributed by atoms with Gasteiger partial charge in [-0.15, -0.1) is 0 Å². The van der Waals surface area contributed by atoms with Crippen LogP contribution in [0.5, 0.6) is 0 Å². The standard InChI is InChI=1S/C12H17BrFNS/c1-2-5-16-8-11(15)6-9-3-4-10(13)7-12(9)14/h3-4,7,11H,2,5-6,8,15H2,1H3. The fraction of sp³-hybridized carbons (Fsp3) is 0.500. The third-order valence-electron chi connectivity index (χ3n) is 2.18. The summed E-state index contributed by atoms with van der Waals surface area (Å²) in [6.45, 7) is 2.15. The molecule has 0 heterocycles. The molecule has 1 aromatic rings. The first-order valence-electron chi connectivity index (χ1n) is 5.40. The minimum Gasteiger partial charge on any atom is -0.327 e. The van der Waals surface area contributed by atoms with Crippen molar-refractivity contribution in [2.45, 2.75) is 25.8 Å². The molecule has 0 saturated heterocycles. The monoisotopic (exact) mass is 305 g/mol. The zero-order valence-corrected chi connectivity index (χ0v) is 11.8. The molecule has 1 aromatic carbocycles. The highest BCUT2D eigenvalue weighted by Gasteiger charge is 2.08. The lowest BCUT2D eigenvalue weighted by atomic mass is 10.1. The highest BCUT2D eigenvalue weighted by molar-refractivity contribution is 9.10. The van der Waals surface area contributed by atoms with Gasteiger partial charge in [-0.25, -0.2) is 4.39 Å². The van der Waals surface area contributed by atoms with Crippen molar-refractivity contribution in [3.05, 3.63) is 34.1 Å². The van der Waals surface area contributed by atoms with E-state index in [0.717, 1.165) is 22.4 Å². The maximum atomic E-state index is 13.5. The van der Waals surface area contributed by atoms with Gasteiger partial charge in [0.15, 0.2) is 0 Å². The van der Waals surface area contributed by atoms with E-state index >= 15 is 0 Å². The van der Waals surface area contributed by atoms with Crippen molar-refractivity contribution in [1.82, 2.24) is 0 Å². The Hall–Kier alpha value is -0.0600. The van der Waals surface area contributed by atoms with Gasteiger partial charge in [-0.1, -0.05) is 28.9 Å². The van der Waals surface area contributed by atoms with Crippen LogP contribution >= 0.6 is 27.7 Å². The summed E-state index contributed by atoms with van der Waals surface area (Å²) in [5.41, 5.74) is 6.66. The molecule has 1 rings (SSSR count). The third kappa shape index (κ3) is 4.85. The normalized spacial score (nSPS) is 12.8. The van der Waals surface area contributed by atoms with E-state index in [0.29, 0.717) is 12.0 Å². The third-order valence-corrected chi connectivity index (χ3v) is 4.03. The number of halogens is 2. The van der Waals surface area contributed by atoms with Crippen LogP contribution in [0.25, 0.3) is 0 Å². The molecular formula is C12H17BrFNS. The smallest absolute Gasteiger partial charge is 0.127 e. The molecule has 0 spiro atoms. The molecule has 4 heteroatoms. The SMILES string of the molecule is CCCSCC(N)Cc1ccc(Br)cc1F. The lowest BCUT2D eigenvalue weighted by Crippen LogP contribution is -2.26. The van der Waals surface area contributed by atoms with Crippen LogP contribution in [0.4, 0.5) is 4.39 Å². The Kier molecular flexibility index (Phi) is 6.39. The van der Waals surface area contributed by atoms with Gasteiger partial charge >= 0.3 is 0 Å². The van der Waals surface area contributed by atoms with Crippen LogP contribution in [0.1, 0.15) is 18.9 Å². The second-order valence-electron chi connectivity index (χ2n) is 3.77. The van der Waals surface area contributed by atoms with Gasteiger partial charge in [-0.3, -0.25) is 0 Å². The number of benzene rings is 1. The predicted octanol–water partition coefficient (Wildman–Crippen LogP) is 3.60. The molecule has 2 N–H and O–H groups in total. The fourth-order valence-electron chi connectivity index (χ4n) is 1.41. The molecule has 1 atom stereocenters. The molecule has 1 nitrogen and oxygen atoms in total. The van der Waals surface area contributed by atoms with Crippen molar-refractivity contribution in [1.29, 1.82) is 0 Å². The molecule has 0 aromatic heterocycles. The van der Waals surface area contributed by atoms with Gasteiger partial charge in [0.05, 0.1) is 0 Å². The zero-order valence-electron chi connectivity index (χ0n) is 9.38. The molecule has 0 aliphatic rings. The van der Waals surface area contributed by atoms with Crippen molar-refractivity contribution < 1.29 is 4.39 Å². The van der Waals surface area contributed by atoms with E-state index in [2.05, 4.69) is 22.9 Å². The van der Waals surface area contributed by atoms with Crippen molar-refractivity contribution in [3.8, 4) is 0 Å². The number of nitrogens with two attached hydrogens (primary N) is 1. The second-order valence-corrected chi connectivity index (χ2v) is 5.84. The van der Waals surface area contributed by atoms with Crippen molar-refractivity contribution in [3.63, 3.8) is 0 Å². The number of hydrogen-bond acceptors (Lipinski definition) is 2. The average molecular weight is 306 g/mol. The first kappa shape index (κ1) is 14.0. The van der Waals surface area contributed by atoms with Crippen LogP contribution in [0.2, 0.25) is 0 Å². The van der Waals surface area contributed by atoms with Gasteiger partial charge < -0.3 is 5.73 Å². The van der Waals surface area contributed by atoms with E-state index in [1.807, 2.05) is 17.8 Å². The van der Waals surface area contributed by atoms with Crippen LogP contribution in [0.15, 0.2) is 22.7 Å². The summed E-state index contributed by atoms with van der Waals surface area (Å²) >= 11 is 5.07. The van der Waals surface area contributed by atoms with Crippen LogP contribution < -0.4 is 5.73 Å². The molecule has 0 aliphatic heterocycles. The average Bonchev–Trinajstić information content (AvgIpc) is 2.23. The van der Waals surface area contributed by atoms with Crippen molar-refractivity contribution in [2.75, 3.05) is 11.5 Å². The highest BCUT2D eigenvalue weighted by Crippen LogP contribution is 2.17. The van der Waals surface area contributed by atoms with E-state index in [4.69, 9.17) is 5.73 Å². The lowest BCUT2D eigenvalue weighted by Gasteiger charge is -2.11. The molecule has 0 saturated carbocycles. The van der Waals surface area contributed by atoms with Gasteiger partial charge in [0, 0.05) is 16.3 Å². The van der Waals surface area contributed by atoms with E-state index in [1.165, 1.54) is 6.07 Å². The first-order chi connectivity index (χ1) is 7.63. The second kappa shape index (κ2) is 7.30. The van der Waals surface area contributed by atoms with E-state index in [-0.39, 0.29) is 11.9 Å². The van der Waals surface area contributed by atoms with Crippen molar-refractivity contribution in [2.24, 2.45) is 5.73 Å². The Morgan fingerprint density at radius 2 is 2.25 bits per heavy atom. The summed E-state index contributed by atoms with van der Waals surface area (Å²) < 4.78 is 14.3. The topological polar surface area (TPSA) is 26.0 Å². The van der Waals surface area contributed by atoms with Gasteiger partial charge in [0.2, 0.25) is 0 Å². The number of rotatable bonds is 6. The molecule has 0 radical (unpaired) electrons. The maximum Gasteiger partial charge on any atom is 0.127 e. The fourth-order valence-corrected chi connectivity index (χ4v) is 2.62. The Morgan fingerprint density at radius 1 is 1.50 bits per heavy atom. The Bertz CT molecular complexity index is 333. The van der Waals surface area contributed by atoms with Crippen LogP contribution in [0, 0.1) is 5.82 Å².